The lowest BCUT2D eigenvalue weighted by Gasteiger charge is -2.24. The van der Waals surface area contributed by atoms with Gasteiger partial charge in [-0.05, 0) is 25.0 Å². The standard InChI is InChI=1S/C12H16ClNO3S/c1-17-12-8-10(2-3-11(12)13)14-9-4-6-18(15,16)7-5-9/h2-3,8-9,14H,4-7H2,1H3. The van der Waals surface area contributed by atoms with Gasteiger partial charge in [-0.2, -0.15) is 0 Å². The fourth-order valence-corrected chi connectivity index (χ4v) is 3.71. The maximum Gasteiger partial charge on any atom is 0.150 e. The highest BCUT2D eigenvalue weighted by Crippen LogP contribution is 2.28. The van der Waals surface area contributed by atoms with Crippen molar-refractivity contribution in [1.82, 2.24) is 0 Å². The number of halogens is 1. The third kappa shape index (κ3) is 3.29. The van der Waals surface area contributed by atoms with Crippen LogP contribution < -0.4 is 10.1 Å². The van der Waals surface area contributed by atoms with E-state index < -0.39 is 9.84 Å². The van der Waals surface area contributed by atoms with Crippen LogP contribution in [0.1, 0.15) is 12.8 Å². The second-order valence-electron chi connectivity index (χ2n) is 4.42. The zero-order valence-electron chi connectivity index (χ0n) is 10.1. The van der Waals surface area contributed by atoms with Gasteiger partial charge < -0.3 is 10.1 Å². The maximum absolute atomic E-state index is 11.3. The van der Waals surface area contributed by atoms with Crippen LogP contribution in [0.4, 0.5) is 5.69 Å². The molecule has 1 N–H and O–H groups in total. The van der Waals surface area contributed by atoms with E-state index in [1.807, 2.05) is 12.1 Å². The predicted molar refractivity (Wildman–Crippen MR) is 73.3 cm³/mol. The summed E-state index contributed by atoms with van der Waals surface area (Å²) in [5.41, 5.74) is 0.903. The van der Waals surface area contributed by atoms with Crippen molar-refractivity contribution in [2.75, 3.05) is 23.9 Å². The molecular weight excluding hydrogens is 274 g/mol. The number of nitrogens with one attached hydrogen (secondary N) is 1. The Morgan fingerprint density at radius 3 is 2.61 bits per heavy atom. The van der Waals surface area contributed by atoms with E-state index in [9.17, 15) is 8.42 Å². The first-order valence-corrected chi connectivity index (χ1v) is 8.00. The third-order valence-corrected chi connectivity index (χ3v) is 5.10. The number of hydrogen-bond acceptors (Lipinski definition) is 4. The molecule has 1 aliphatic heterocycles. The maximum atomic E-state index is 11.3. The molecule has 0 unspecified atom stereocenters. The van der Waals surface area contributed by atoms with Crippen LogP contribution in [0, 0.1) is 0 Å². The van der Waals surface area contributed by atoms with Crippen molar-refractivity contribution in [2.24, 2.45) is 0 Å². The summed E-state index contributed by atoms with van der Waals surface area (Å²) in [5, 5.41) is 3.88. The van der Waals surface area contributed by atoms with Crippen LogP contribution in [0.5, 0.6) is 5.75 Å². The number of rotatable bonds is 3. The van der Waals surface area contributed by atoms with E-state index in [1.165, 1.54) is 0 Å². The van der Waals surface area contributed by atoms with Crippen molar-refractivity contribution >= 4 is 27.1 Å². The molecule has 0 saturated carbocycles. The Bertz CT molecular complexity index is 516. The lowest BCUT2D eigenvalue weighted by Crippen LogP contribution is -2.32. The molecule has 100 valence electrons. The van der Waals surface area contributed by atoms with E-state index in [0.717, 1.165) is 5.69 Å². The van der Waals surface area contributed by atoms with Gasteiger partial charge in [0.05, 0.1) is 23.6 Å². The molecule has 0 aliphatic carbocycles. The summed E-state index contributed by atoms with van der Waals surface area (Å²) in [6, 6.07) is 5.65. The minimum absolute atomic E-state index is 0.194. The zero-order chi connectivity index (χ0) is 13.2. The number of ether oxygens (including phenoxy) is 1. The summed E-state index contributed by atoms with van der Waals surface area (Å²) in [5.74, 6) is 1.13. The van der Waals surface area contributed by atoms with Crippen molar-refractivity contribution in [1.29, 1.82) is 0 Å². The second kappa shape index (κ2) is 5.36. The van der Waals surface area contributed by atoms with E-state index >= 15 is 0 Å². The first kappa shape index (κ1) is 13.5. The molecule has 1 heterocycles. The van der Waals surface area contributed by atoms with Crippen LogP contribution in [0.25, 0.3) is 0 Å². The minimum Gasteiger partial charge on any atom is -0.495 e. The number of anilines is 1. The van der Waals surface area contributed by atoms with Gasteiger partial charge in [-0.3, -0.25) is 0 Å². The van der Waals surface area contributed by atoms with Gasteiger partial charge in [0.25, 0.3) is 0 Å². The highest BCUT2D eigenvalue weighted by Gasteiger charge is 2.23. The van der Waals surface area contributed by atoms with Gasteiger partial charge in [-0.1, -0.05) is 11.6 Å². The molecule has 0 aromatic heterocycles. The van der Waals surface area contributed by atoms with Gasteiger partial charge in [0, 0.05) is 17.8 Å². The molecular formula is C12H16ClNO3S. The fraction of sp³-hybridized carbons (Fsp3) is 0.500. The van der Waals surface area contributed by atoms with Crippen LogP contribution in [0.15, 0.2) is 18.2 Å². The Kier molecular flexibility index (Phi) is 4.02. The first-order valence-electron chi connectivity index (χ1n) is 5.81. The summed E-state index contributed by atoms with van der Waals surface area (Å²) in [7, 11) is -1.25. The molecule has 0 amide bonds. The Balaban J connectivity index is 2.02. The quantitative estimate of drug-likeness (QED) is 0.928. The Morgan fingerprint density at radius 2 is 2.00 bits per heavy atom. The SMILES string of the molecule is COc1cc(NC2CCS(=O)(=O)CC2)ccc1Cl. The second-order valence-corrected chi connectivity index (χ2v) is 7.13. The molecule has 1 fully saturated rings. The highest BCUT2D eigenvalue weighted by atomic mass is 35.5. The summed E-state index contributed by atoms with van der Waals surface area (Å²) in [6.45, 7) is 0. The molecule has 1 aliphatic rings. The number of benzene rings is 1. The van der Waals surface area contributed by atoms with Gasteiger partial charge in [0.15, 0.2) is 0 Å². The van der Waals surface area contributed by atoms with Crippen molar-refractivity contribution in [3.8, 4) is 5.75 Å². The molecule has 18 heavy (non-hydrogen) atoms. The first-order chi connectivity index (χ1) is 8.50. The molecule has 1 saturated heterocycles. The minimum atomic E-state index is -2.81. The zero-order valence-corrected chi connectivity index (χ0v) is 11.7. The van der Waals surface area contributed by atoms with Crippen LogP contribution in [0.2, 0.25) is 5.02 Å². The number of methoxy groups -OCH3 is 1. The smallest absolute Gasteiger partial charge is 0.150 e. The Labute approximate surface area is 112 Å². The Hall–Kier alpha value is -0.940. The lowest BCUT2D eigenvalue weighted by atomic mass is 10.1. The Morgan fingerprint density at radius 1 is 1.33 bits per heavy atom. The molecule has 2 rings (SSSR count). The van der Waals surface area contributed by atoms with Crippen molar-refractivity contribution in [3.63, 3.8) is 0 Å². The summed E-state index contributed by atoms with van der Waals surface area (Å²) in [4.78, 5) is 0. The van der Waals surface area contributed by atoms with Gasteiger partial charge in [0.1, 0.15) is 15.6 Å². The summed E-state index contributed by atoms with van der Waals surface area (Å²) >= 11 is 5.94. The third-order valence-electron chi connectivity index (χ3n) is 3.08. The normalized spacial score (nSPS) is 19.4. The van der Waals surface area contributed by atoms with Crippen LogP contribution in [0.3, 0.4) is 0 Å². The molecule has 6 heteroatoms. The molecule has 4 nitrogen and oxygen atoms in total. The van der Waals surface area contributed by atoms with E-state index in [4.69, 9.17) is 16.3 Å². The number of sulfone groups is 1. The largest absolute Gasteiger partial charge is 0.495 e. The monoisotopic (exact) mass is 289 g/mol. The van der Waals surface area contributed by atoms with Crippen molar-refractivity contribution in [3.05, 3.63) is 23.2 Å². The van der Waals surface area contributed by atoms with Crippen LogP contribution >= 0.6 is 11.6 Å². The van der Waals surface area contributed by atoms with Gasteiger partial charge in [-0.15, -0.1) is 0 Å². The lowest BCUT2D eigenvalue weighted by molar-refractivity contribution is 0.415. The summed E-state index contributed by atoms with van der Waals surface area (Å²) < 4.78 is 27.8. The van der Waals surface area contributed by atoms with E-state index in [0.29, 0.717) is 23.6 Å². The fourth-order valence-electron chi connectivity index (χ4n) is 2.02. The molecule has 1 aromatic rings. The number of hydrogen-bond donors (Lipinski definition) is 1. The molecule has 1 aromatic carbocycles. The van der Waals surface area contributed by atoms with Gasteiger partial charge in [0.2, 0.25) is 0 Å². The topological polar surface area (TPSA) is 55.4 Å². The van der Waals surface area contributed by atoms with Crippen LogP contribution in [-0.2, 0) is 9.84 Å². The highest BCUT2D eigenvalue weighted by molar-refractivity contribution is 7.91. The predicted octanol–water partition coefficient (Wildman–Crippen LogP) is 2.34. The average Bonchev–Trinajstić information content (AvgIpc) is 2.34. The van der Waals surface area contributed by atoms with Crippen molar-refractivity contribution < 1.29 is 13.2 Å². The van der Waals surface area contributed by atoms with E-state index in [1.54, 1.807) is 13.2 Å². The van der Waals surface area contributed by atoms with Crippen molar-refractivity contribution in [2.45, 2.75) is 18.9 Å². The summed E-state index contributed by atoms with van der Waals surface area (Å²) in [6.07, 6.45) is 1.29. The van der Waals surface area contributed by atoms with Crippen LogP contribution in [-0.4, -0.2) is 33.1 Å². The molecule has 0 bridgehead atoms. The van der Waals surface area contributed by atoms with E-state index in [-0.39, 0.29) is 17.5 Å². The van der Waals surface area contributed by atoms with E-state index in [2.05, 4.69) is 5.32 Å². The molecule has 0 spiro atoms. The average molecular weight is 290 g/mol. The molecule has 0 radical (unpaired) electrons. The van der Waals surface area contributed by atoms with Gasteiger partial charge in [-0.25, -0.2) is 8.42 Å². The molecule has 0 atom stereocenters. The van der Waals surface area contributed by atoms with Gasteiger partial charge >= 0.3 is 0 Å².